The van der Waals surface area contributed by atoms with Crippen molar-refractivity contribution in [2.24, 2.45) is 0 Å². The van der Waals surface area contributed by atoms with Crippen LogP contribution >= 0.6 is 11.6 Å². The second kappa shape index (κ2) is 8.72. The summed E-state index contributed by atoms with van der Waals surface area (Å²) in [5.41, 5.74) is 5.29. The maximum absolute atomic E-state index is 14.9. The van der Waals surface area contributed by atoms with E-state index in [-0.39, 0.29) is 12.0 Å². The molecule has 0 amide bonds. The molecule has 8 heteroatoms. The summed E-state index contributed by atoms with van der Waals surface area (Å²) < 4.78 is 21.0. The number of aryl methyl sites for hydroxylation is 3. The lowest BCUT2D eigenvalue weighted by Gasteiger charge is -2.29. The van der Waals surface area contributed by atoms with E-state index < -0.39 is 5.82 Å². The van der Waals surface area contributed by atoms with E-state index >= 15 is 0 Å². The van der Waals surface area contributed by atoms with Crippen molar-refractivity contribution < 1.29 is 9.13 Å². The summed E-state index contributed by atoms with van der Waals surface area (Å²) in [6.07, 6.45) is 3.21. The molecule has 1 aliphatic heterocycles. The number of aromatic nitrogens is 5. The SMILES string of the molecule is Cc1cc([C@H]2C[C@@H](c3nc(-c4ccc(Cl)cc4F)c4nc(C)c(C)nc4n3)CCO2)ccn1. The molecule has 0 saturated carbocycles. The molecule has 1 saturated heterocycles. The van der Waals surface area contributed by atoms with Crippen molar-refractivity contribution in [1.82, 2.24) is 24.9 Å². The molecule has 0 aliphatic carbocycles. The van der Waals surface area contributed by atoms with E-state index in [1.165, 1.54) is 6.07 Å². The third-order valence-electron chi connectivity index (χ3n) is 6.09. The average molecular weight is 464 g/mol. The molecule has 0 N–H and O–H groups in total. The third kappa shape index (κ3) is 4.30. The van der Waals surface area contributed by atoms with Gasteiger partial charge in [-0.25, -0.2) is 24.3 Å². The van der Waals surface area contributed by atoms with Gasteiger partial charge < -0.3 is 4.74 Å². The molecule has 0 bridgehead atoms. The van der Waals surface area contributed by atoms with Gasteiger partial charge in [-0.2, -0.15) is 0 Å². The van der Waals surface area contributed by atoms with Gasteiger partial charge in [-0.1, -0.05) is 11.6 Å². The van der Waals surface area contributed by atoms with Crippen LogP contribution in [0.2, 0.25) is 5.02 Å². The molecule has 5 rings (SSSR count). The molecular formula is C25H23ClFN5O. The Balaban J connectivity index is 1.62. The van der Waals surface area contributed by atoms with Gasteiger partial charge >= 0.3 is 0 Å². The molecule has 1 fully saturated rings. The Morgan fingerprint density at radius 1 is 1.00 bits per heavy atom. The Hall–Kier alpha value is -3.03. The van der Waals surface area contributed by atoms with Gasteiger partial charge in [-0.3, -0.25) is 4.98 Å². The highest BCUT2D eigenvalue weighted by atomic mass is 35.5. The van der Waals surface area contributed by atoms with Crippen LogP contribution in [0.5, 0.6) is 0 Å². The minimum absolute atomic E-state index is 0.0409. The molecule has 168 valence electrons. The Kier molecular flexibility index (Phi) is 5.76. The molecule has 33 heavy (non-hydrogen) atoms. The fraction of sp³-hybridized carbons (Fsp3) is 0.320. The van der Waals surface area contributed by atoms with E-state index in [1.54, 1.807) is 18.3 Å². The molecule has 4 aromatic rings. The Morgan fingerprint density at radius 3 is 2.61 bits per heavy atom. The molecule has 3 aromatic heterocycles. The molecule has 1 aromatic carbocycles. The summed E-state index contributed by atoms with van der Waals surface area (Å²) in [7, 11) is 0. The zero-order valence-corrected chi connectivity index (χ0v) is 19.4. The summed E-state index contributed by atoms with van der Waals surface area (Å²) in [5.74, 6) is 0.216. The van der Waals surface area contributed by atoms with Crippen molar-refractivity contribution >= 4 is 22.8 Å². The molecule has 0 unspecified atom stereocenters. The highest BCUT2D eigenvalue weighted by molar-refractivity contribution is 6.30. The monoisotopic (exact) mass is 463 g/mol. The number of ether oxygens (including phenoxy) is 1. The number of hydrogen-bond donors (Lipinski definition) is 0. The lowest BCUT2D eigenvalue weighted by molar-refractivity contribution is 0.00393. The minimum Gasteiger partial charge on any atom is -0.373 e. The summed E-state index contributed by atoms with van der Waals surface area (Å²) in [6.45, 7) is 6.31. The van der Waals surface area contributed by atoms with Gasteiger partial charge in [0.15, 0.2) is 5.65 Å². The number of halogens is 2. The van der Waals surface area contributed by atoms with Crippen LogP contribution in [0.15, 0.2) is 36.5 Å². The van der Waals surface area contributed by atoms with Gasteiger partial charge in [0, 0.05) is 35.0 Å². The van der Waals surface area contributed by atoms with E-state index in [1.807, 2.05) is 32.9 Å². The zero-order chi connectivity index (χ0) is 23.1. The van der Waals surface area contributed by atoms with Crippen LogP contribution in [-0.4, -0.2) is 31.5 Å². The van der Waals surface area contributed by atoms with Crippen molar-refractivity contribution in [2.75, 3.05) is 6.61 Å². The first-order valence-electron chi connectivity index (χ1n) is 10.9. The number of pyridine rings is 1. The molecule has 0 radical (unpaired) electrons. The van der Waals surface area contributed by atoms with Gasteiger partial charge in [0.25, 0.3) is 0 Å². The van der Waals surface area contributed by atoms with Gasteiger partial charge in [0.1, 0.15) is 22.9 Å². The van der Waals surface area contributed by atoms with E-state index in [9.17, 15) is 4.39 Å². The van der Waals surface area contributed by atoms with Crippen molar-refractivity contribution in [1.29, 1.82) is 0 Å². The molecule has 4 heterocycles. The summed E-state index contributed by atoms with van der Waals surface area (Å²) in [4.78, 5) is 23.2. The number of rotatable bonds is 3. The Bertz CT molecular complexity index is 1360. The number of benzene rings is 1. The van der Waals surface area contributed by atoms with Crippen molar-refractivity contribution in [3.05, 3.63) is 75.8 Å². The van der Waals surface area contributed by atoms with E-state index in [4.69, 9.17) is 26.3 Å². The predicted octanol–water partition coefficient (Wildman–Crippen LogP) is 5.83. The van der Waals surface area contributed by atoms with E-state index in [2.05, 4.69) is 15.0 Å². The van der Waals surface area contributed by atoms with Crippen LogP contribution in [0.25, 0.3) is 22.4 Å². The standard InChI is InChI=1S/C25H23ClFN5O/c1-13-10-16(6-8-28-13)21-11-17(7-9-33-21)24-31-22(19-5-4-18(26)12-20(19)27)23-25(32-24)30-15(3)14(2)29-23/h4-6,8,10,12,17,21H,7,9,11H2,1-3H3/t17-,21+/m0/s1. The normalized spacial score (nSPS) is 18.6. The van der Waals surface area contributed by atoms with Crippen molar-refractivity contribution in [3.63, 3.8) is 0 Å². The second-order valence-corrected chi connectivity index (χ2v) is 8.87. The highest BCUT2D eigenvalue weighted by Gasteiger charge is 2.29. The maximum atomic E-state index is 14.9. The fourth-order valence-electron chi connectivity index (χ4n) is 4.21. The zero-order valence-electron chi connectivity index (χ0n) is 18.6. The lowest BCUT2D eigenvalue weighted by atomic mass is 9.91. The summed E-state index contributed by atoms with van der Waals surface area (Å²) >= 11 is 5.99. The lowest BCUT2D eigenvalue weighted by Crippen LogP contribution is -2.21. The average Bonchev–Trinajstić information content (AvgIpc) is 2.80. The first-order chi connectivity index (χ1) is 15.9. The van der Waals surface area contributed by atoms with Crippen LogP contribution in [0, 0.1) is 26.6 Å². The quantitative estimate of drug-likeness (QED) is 0.380. The van der Waals surface area contributed by atoms with Crippen LogP contribution < -0.4 is 0 Å². The largest absolute Gasteiger partial charge is 0.373 e. The molecule has 2 atom stereocenters. The Labute approximate surface area is 196 Å². The first kappa shape index (κ1) is 21.8. The highest BCUT2D eigenvalue weighted by Crippen LogP contribution is 2.38. The van der Waals surface area contributed by atoms with Gasteiger partial charge in [0.2, 0.25) is 0 Å². The maximum Gasteiger partial charge on any atom is 0.182 e. The summed E-state index contributed by atoms with van der Waals surface area (Å²) in [5, 5.41) is 0.327. The third-order valence-corrected chi connectivity index (χ3v) is 6.32. The predicted molar refractivity (Wildman–Crippen MR) is 125 cm³/mol. The van der Waals surface area contributed by atoms with E-state index in [0.29, 0.717) is 39.9 Å². The summed E-state index contributed by atoms with van der Waals surface area (Å²) in [6, 6.07) is 8.59. The fourth-order valence-corrected chi connectivity index (χ4v) is 4.37. The van der Waals surface area contributed by atoms with Gasteiger partial charge in [-0.05, 0) is 69.5 Å². The molecular weight excluding hydrogens is 441 g/mol. The first-order valence-corrected chi connectivity index (χ1v) is 11.3. The molecule has 0 spiro atoms. The van der Waals surface area contributed by atoms with Crippen LogP contribution in [0.4, 0.5) is 4.39 Å². The molecule has 6 nitrogen and oxygen atoms in total. The number of fused-ring (bicyclic) bond motifs is 1. The van der Waals surface area contributed by atoms with Gasteiger partial charge in [-0.15, -0.1) is 0 Å². The number of hydrogen-bond acceptors (Lipinski definition) is 6. The van der Waals surface area contributed by atoms with Crippen LogP contribution in [0.3, 0.4) is 0 Å². The minimum atomic E-state index is -0.453. The topological polar surface area (TPSA) is 73.7 Å². The van der Waals surface area contributed by atoms with Gasteiger partial charge in [0.05, 0.1) is 17.5 Å². The second-order valence-electron chi connectivity index (χ2n) is 8.43. The van der Waals surface area contributed by atoms with Crippen molar-refractivity contribution in [2.45, 2.75) is 45.6 Å². The Morgan fingerprint density at radius 2 is 1.82 bits per heavy atom. The molecule has 1 aliphatic rings. The van der Waals surface area contributed by atoms with E-state index in [0.717, 1.165) is 35.5 Å². The number of nitrogens with zero attached hydrogens (tertiary/aromatic N) is 5. The van der Waals surface area contributed by atoms with Crippen LogP contribution in [0.1, 0.15) is 53.3 Å². The van der Waals surface area contributed by atoms with Crippen molar-refractivity contribution in [3.8, 4) is 11.3 Å². The smallest absolute Gasteiger partial charge is 0.182 e. The van der Waals surface area contributed by atoms with Crippen LogP contribution in [-0.2, 0) is 4.74 Å².